The molecule has 0 amide bonds. The van der Waals surface area contributed by atoms with Crippen LogP contribution in [0.25, 0.3) is 11.6 Å². The van der Waals surface area contributed by atoms with E-state index in [0.29, 0.717) is 5.92 Å². The standard InChI is InChI=1S/C20H24/c1-3-5-7-8-13-19-17(11-6-4-2)15-16-18-12-9-10-14-20(18)19/h3-10,12,14,16-17H,11,13,15H2,1-2H3/b5-3-,6-4?,8-7-. The molecule has 1 atom stereocenters. The number of benzene rings is 1. The highest BCUT2D eigenvalue weighted by Crippen LogP contribution is 2.25. The van der Waals surface area contributed by atoms with Crippen molar-refractivity contribution in [3.05, 3.63) is 71.2 Å². The van der Waals surface area contributed by atoms with Crippen molar-refractivity contribution in [2.75, 3.05) is 0 Å². The number of fused-ring (bicyclic) bond motifs is 1. The first-order valence-electron chi connectivity index (χ1n) is 7.54. The molecule has 1 aromatic carbocycles. The Hall–Kier alpha value is -1.82. The molecule has 1 aliphatic rings. The highest BCUT2D eigenvalue weighted by molar-refractivity contribution is 5.55. The highest BCUT2D eigenvalue weighted by Gasteiger charge is 2.15. The van der Waals surface area contributed by atoms with E-state index >= 15 is 0 Å². The summed E-state index contributed by atoms with van der Waals surface area (Å²) < 4.78 is 0. The molecular weight excluding hydrogens is 240 g/mol. The van der Waals surface area contributed by atoms with E-state index in [9.17, 15) is 0 Å². The van der Waals surface area contributed by atoms with Crippen LogP contribution in [0.1, 0.15) is 33.1 Å². The zero-order valence-corrected chi connectivity index (χ0v) is 12.5. The van der Waals surface area contributed by atoms with Gasteiger partial charge >= 0.3 is 0 Å². The predicted octanol–water partition coefficient (Wildman–Crippen LogP) is 4.13. The lowest BCUT2D eigenvalue weighted by Crippen LogP contribution is -2.32. The zero-order valence-electron chi connectivity index (χ0n) is 12.5. The Balaban J connectivity index is 2.37. The topological polar surface area (TPSA) is 0 Å². The Bertz CT molecular complexity index is 626. The molecule has 0 N–H and O–H groups in total. The Kier molecular flexibility index (Phi) is 5.61. The highest BCUT2D eigenvalue weighted by atomic mass is 14.2. The molecule has 0 aliphatic heterocycles. The average Bonchev–Trinajstić information content (AvgIpc) is 2.50. The molecule has 0 fully saturated rings. The summed E-state index contributed by atoms with van der Waals surface area (Å²) >= 11 is 0. The first-order chi connectivity index (χ1) is 9.86. The van der Waals surface area contributed by atoms with Crippen LogP contribution in [0.15, 0.2) is 60.7 Å². The van der Waals surface area contributed by atoms with E-state index in [1.54, 1.807) is 5.57 Å². The zero-order chi connectivity index (χ0) is 14.2. The largest absolute Gasteiger partial charge is 0.0916 e. The summed E-state index contributed by atoms with van der Waals surface area (Å²) in [5, 5.41) is 2.84. The maximum absolute atomic E-state index is 2.39. The molecule has 1 aromatic rings. The predicted molar refractivity (Wildman–Crippen MR) is 89.7 cm³/mol. The van der Waals surface area contributed by atoms with Gasteiger partial charge in [-0.2, -0.15) is 0 Å². The Morgan fingerprint density at radius 2 is 1.90 bits per heavy atom. The van der Waals surface area contributed by atoms with Crippen LogP contribution in [0, 0.1) is 5.92 Å². The summed E-state index contributed by atoms with van der Waals surface area (Å²) in [7, 11) is 0. The van der Waals surface area contributed by atoms with E-state index in [2.05, 4.69) is 80.6 Å². The molecule has 0 spiro atoms. The maximum atomic E-state index is 2.39. The lowest BCUT2D eigenvalue weighted by molar-refractivity contribution is 0.686. The normalized spacial score (nSPS) is 18.9. The van der Waals surface area contributed by atoms with E-state index in [-0.39, 0.29) is 0 Å². The smallest absolute Gasteiger partial charge is 0.0121 e. The number of rotatable bonds is 5. The van der Waals surface area contributed by atoms with Gasteiger partial charge in [-0.25, -0.2) is 0 Å². The lowest BCUT2D eigenvalue weighted by atomic mass is 9.84. The number of hydrogen-bond acceptors (Lipinski definition) is 0. The monoisotopic (exact) mass is 264 g/mol. The van der Waals surface area contributed by atoms with E-state index in [1.807, 2.05) is 0 Å². The quantitative estimate of drug-likeness (QED) is 0.554. The fraction of sp³-hybridized carbons (Fsp3) is 0.300. The van der Waals surface area contributed by atoms with E-state index in [0.717, 1.165) is 19.3 Å². The van der Waals surface area contributed by atoms with Crippen LogP contribution in [-0.2, 0) is 0 Å². The van der Waals surface area contributed by atoms with Gasteiger partial charge in [-0.1, -0.05) is 72.4 Å². The van der Waals surface area contributed by atoms with Crippen molar-refractivity contribution >= 4 is 11.6 Å². The first kappa shape index (κ1) is 14.6. The molecule has 0 heterocycles. The van der Waals surface area contributed by atoms with Crippen molar-refractivity contribution in [3.63, 3.8) is 0 Å². The summed E-state index contributed by atoms with van der Waals surface area (Å²) in [6.07, 6.45) is 18.8. The fourth-order valence-corrected chi connectivity index (χ4v) is 2.80. The fourth-order valence-electron chi connectivity index (χ4n) is 2.80. The molecule has 0 aromatic heterocycles. The minimum absolute atomic E-state index is 0.649. The van der Waals surface area contributed by atoms with Gasteiger partial charge in [-0.3, -0.25) is 0 Å². The summed E-state index contributed by atoms with van der Waals surface area (Å²) in [4.78, 5) is 0. The molecule has 0 heteroatoms. The second-order valence-electron chi connectivity index (χ2n) is 5.21. The van der Waals surface area contributed by atoms with Crippen LogP contribution < -0.4 is 10.4 Å². The SMILES string of the molecule is CC=CCC1CC=c2ccccc2=C1C/C=C\C=C/C. The number of hydrogen-bond donors (Lipinski definition) is 0. The van der Waals surface area contributed by atoms with Crippen LogP contribution >= 0.6 is 0 Å². The van der Waals surface area contributed by atoms with Gasteiger partial charge in [0.05, 0.1) is 0 Å². The Morgan fingerprint density at radius 1 is 1.05 bits per heavy atom. The van der Waals surface area contributed by atoms with Gasteiger partial charge in [0, 0.05) is 0 Å². The van der Waals surface area contributed by atoms with Crippen LogP contribution in [0.2, 0.25) is 0 Å². The van der Waals surface area contributed by atoms with Gasteiger partial charge in [0.25, 0.3) is 0 Å². The maximum Gasteiger partial charge on any atom is -0.0121 e. The first-order valence-corrected chi connectivity index (χ1v) is 7.54. The second kappa shape index (κ2) is 7.69. The van der Waals surface area contributed by atoms with Gasteiger partial charge in [0.1, 0.15) is 0 Å². The van der Waals surface area contributed by atoms with E-state index < -0.39 is 0 Å². The lowest BCUT2D eigenvalue weighted by Gasteiger charge is -2.20. The van der Waals surface area contributed by atoms with Crippen molar-refractivity contribution in [2.24, 2.45) is 5.92 Å². The van der Waals surface area contributed by atoms with Gasteiger partial charge < -0.3 is 0 Å². The van der Waals surface area contributed by atoms with Gasteiger partial charge in [-0.05, 0) is 49.5 Å². The number of allylic oxidation sites excluding steroid dienone is 6. The minimum atomic E-state index is 0.649. The van der Waals surface area contributed by atoms with Crippen molar-refractivity contribution in [1.29, 1.82) is 0 Å². The second-order valence-corrected chi connectivity index (χ2v) is 5.21. The van der Waals surface area contributed by atoms with Crippen LogP contribution in [0.5, 0.6) is 0 Å². The molecule has 1 unspecified atom stereocenters. The summed E-state index contributed by atoms with van der Waals surface area (Å²) in [5.74, 6) is 0.649. The molecule has 20 heavy (non-hydrogen) atoms. The van der Waals surface area contributed by atoms with Gasteiger partial charge in [0.15, 0.2) is 0 Å². The molecule has 1 aliphatic carbocycles. The molecule has 0 radical (unpaired) electrons. The minimum Gasteiger partial charge on any atom is -0.0916 e. The van der Waals surface area contributed by atoms with Crippen molar-refractivity contribution in [2.45, 2.75) is 33.1 Å². The molecule has 0 saturated carbocycles. The van der Waals surface area contributed by atoms with E-state index in [1.165, 1.54) is 10.4 Å². The average molecular weight is 264 g/mol. The molecule has 0 saturated heterocycles. The van der Waals surface area contributed by atoms with Crippen LogP contribution in [0.3, 0.4) is 0 Å². The van der Waals surface area contributed by atoms with Crippen molar-refractivity contribution in [3.8, 4) is 0 Å². The summed E-state index contributed by atoms with van der Waals surface area (Å²) in [5.41, 5.74) is 1.59. The molecule has 2 rings (SSSR count). The van der Waals surface area contributed by atoms with E-state index in [4.69, 9.17) is 0 Å². The van der Waals surface area contributed by atoms with Crippen molar-refractivity contribution in [1.82, 2.24) is 0 Å². The Labute approximate surface area is 122 Å². The summed E-state index contributed by atoms with van der Waals surface area (Å²) in [6.45, 7) is 4.16. The third-order valence-electron chi connectivity index (χ3n) is 3.86. The van der Waals surface area contributed by atoms with Gasteiger partial charge in [0.2, 0.25) is 0 Å². The van der Waals surface area contributed by atoms with Crippen molar-refractivity contribution < 1.29 is 0 Å². The summed E-state index contributed by atoms with van der Waals surface area (Å²) in [6, 6.07) is 8.79. The molecular formula is C20H24. The van der Waals surface area contributed by atoms with Gasteiger partial charge in [-0.15, -0.1) is 0 Å². The molecule has 0 bridgehead atoms. The molecule has 0 nitrogen and oxygen atoms in total. The third-order valence-corrected chi connectivity index (χ3v) is 3.86. The third kappa shape index (κ3) is 3.60. The molecule has 104 valence electrons. The van der Waals surface area contributed by atoms with Crippen LogP contribution in [-0.4, -0.2) is 0 Å². The Morgan fingerprint density at radius 3 is 2.70 bits per heavy atom. The van der Waals surface area contributed by atoms with Crippen LogP contribution in [0.4, 0.5) is 0 Å².